The quantitative estimate of drug-likeness (QED) is 0.592. The first-order valence-electron chi connectivity index (χ1n) is 12.0. The fourth-order valence-electron chi connectivity index (χ4n) is 4.87. The number of aromatic nitrogens is 3. The maximum absolute atomic E-state index is 13.5. The van der Waals surface area contributed by atoms with E-state index in [1.165, 1.54) is 18.3 Å². The van der Waals surface area contributed by atoms with Gasteiger partial charge in [0.1, 0.15) is 17.5 Å². The number of carboxylic acid groups (broad SMARTS) is 1. The minimum atomic E-state index is -0.971. The van der Waals surface area contributed by atoms with Crippen molar-refractivity contribution in [2.24, 2.45) is 0 Å². The second-order valence-electron chi connectivity index (χ2n) is 9.25. The monoisotopic (exact) mass is 476 g/mol. The molecule has 1 unspecified atom stereocenters. The zero-order valence-electron chi connectivity index (χ0n) is 20.0. The molecule has 2 aromatic heterocycles. The number of aryl methyl sites for hydroxylation is 1. The van der Waals surface area contributed by atoms with E-state index in [4.69, 9.17) is 9.97 Å². The molecule has 3 aromatic rings. The van der Waals surface area contributed by atoms with E-state index in [-0.39, 0.29) is 11.4 Å². The smallest absolute Gasteiger partial charge is 0.337 e. The van der Waals surface area contributed by atoms with Gasteiger partial charge in [0.15, 0.2) is 0 Å². The summed E-state index contributed by atoms with van der Waals surface area (Å²) in [5, 5.41) is 9.21. The summed E-state index contributed by atoms with van der Waals surface area (Å²) in [4.78, 5) is 32.1. The number of pyridine rings is 1. The lowest BCUT2D eigenvalue weighted by Gasteiger charge is -2.37. The van der Waals surface area contributed by atoms with Crippen molar-refractivity contribution in [3.8, 4) is 11.3 Å². The molecular formula is C26H29FN6O2. The van der Waals surface area contributed by atoms with Gasteiger partial charge in [-0.15, -0.1) is 0 Å². The van der Waals surface area contributed by atoms with E-state index in [0.29, 0.717) is 6.04 Å². The molecule has 4 heterocycles. The Hall–Kier alpha value is -3.75. The molecule has 1 N–H and O–H groups in total. The van der Waals surface area contributed by atoms with E-state index in [0.717, 1.165) is 80.0 Å². The second-order valence-corrected chi connectivity index (χ2v) is 9.25. The van der Waals surface area contributed by atoms with Crippen LogP contribution in [0.4, 0.5) is 22.0 Å². The van der Waals surface area contributed by atoms with Crippen LogP contribution in [0.3, 0.4) is 0 Å². The summed E-state index contributed by atoms with van der Waals surface area (Å²) < 4.78 is 13.5. The molecule has 1 atom stereocenters. The molecule has 0 amide bonds. The third-order valence-corrected chi connectivity index (χ3v) is 6.85. The molecule has 5 rings (SSSR count). The highest BCUT2D eigenvalue weighted by Crippen LogP contribution is 2.30. The highest BCUT2D eigenvalue weighted by atomic mass is 19.1. The zero-order chi connectivity index (χ0) is 24.5. The van der Waals surface area contributed by atoms with Crippen LogP contribution in [0.15, 0.2) is 42.6 Å². The van der Waals surface area contributed by atoms with Crippen molar-refractivity contribution in [3.63, 3.8) is 0 Å². The Kier molecular flexibility index (Phi) is 6.23. The first kappa shape index (κ1) is 23.0. The summed E-state index contributed by atoms with van der Waals surface area (Å²) in [5.74, 6) is 1.15. The van der Waals surface area contributed by atoms with E-state index in [1.807, 2.05) is 13.0 Å². The average Bonchev–Trinajstić information content (AvgIpc) is 3.30. The van der Waals surface area contributed by atoms with E-state index in [2.05, 4.69) is 26.6 Å². The number of rotatable bonds is 5. The Bertz CT molecular complexity index is 1230. The van der Waals surface area contributed by atoms with Gasteiger partial charge in [-0.2, -0.15) is 4.98 Å². The predicted molar refractivity (Wildman–Crippen MR) is 134 cm³/mol. The highest BCUT2D eigenvalue weighted by molar-refractivity contribution is 5.87. The fraction of sp³-hybridized carbons (Fsp3) is 0.385. The Balaban J connectivity index is 1.40. The van der Waals surface area contributed by atoms with Gasteiger partial charge in [-0.25, -0.2) is 19.2 Å². The van der Waals surface area contributed by atoms with Crippen LogP contribution >= 0.6 is 0 Å². The van der Waals surface area contributed by atoms with Gasteiger partial charge in [-0.05, 0) is 62.6 Å². The molecule has 35 heavy (non-hydrogen) atoms. The number of anilines is 3. The third-order valence-electron chi connectivity index (χ3n) is 6.85. The minimum absolute atomic E-state index is 0.197. The highest BCUT2D eigenvalue weighted by Gasteiger charge is 2.26. The van der Waals surface area contributed by atoms with Gasteiger partial charge in [0.05, 0.1) is 11.3 Å². The lowest BCUT2D eigenvalue weighted by molar-refractivity contribution is 0.0696. The number of nitrogens with zero attached hydrogens (tertiary/aromatic N) is 6. The van der Waals surface area contributed by atoms with E-state index in [1.54, 1.807) is 18.2 Å². The number of halogens is 1. The van der Waals surface area contributed by atoms with Crippen molar-refractivity contribution >= 4 is 23.6 Å². The van der Waals surface area contributed by atoms with Gasteiger partial charge in [0.2, 0.25) is 5.95 Å². The van der Waals surface area contributed by atoms with Crippen molar-refractivity contribution in [1.29, 1.82) is 0 Å². The number of benzene rings is 1. The van der Waals surface area contributed by atoms with E-state index >= 15 is 0 Å². The first-order chi connectivity index (χ1) is 16.9. The topological polar surface area (TPSA) is 85.7 Å². The second kappa shape index (κ2) is 9.48. The molecule has 0 aliphatic carbocycles. The van der Waals surface area contributed by atoms with Crippen molar-refractivity contribution in [3.05, 3.63) is 59.5 Å². The van der Waals surface area contributed by atoms with Gasteiger partial charge < -0.3 is 19.8 Å². The van der Waals surface area contributed by atoms with Gasteiger partial charge in [-0.3, -0.25) is 0 Å². The summed E-state index contributed by atoms with van der Waals surface area (Å²) in [6, 6.07) is 10.5. The van der Waals surface area contributed by atoms with Crippen LogP contribution < -0.4 is 14.7 Å². The molecule has 0 spiro atoms. The van der Waals surface area contributed by atoms with Gasteiger partial charge in [0.25, 0.3) is 0 Å². The van der Waals surface area contributed by atoms with Crippen LogP contribution in [0.2, 0.25) is 0 Å². The zero-order valence-corrected chi connectivity index (χ0v) is 20.0. The molecule has 2 saturated heterocycles. The van der Waals surface area contributed by atoms with Crippen molar-refractivity contribution in [2.45, 2.75) is 32.7 Å². The molecule has 9 heteroatoms. The third kappa shape index (κ3) is 4.76. The van der Waals surface area contributed by atoms with Crippen molar-refractivity contribution in [1.82, 2.24) is 15.0 Å². The maximum Gasteiger partial charge on any atom is 0.337 e. The molecule has 8 nitrogen and oxygen atoms in total. The number of aromatic carboxylic acids is 1. The molecule has 0 bridgehead atoms. The number of piperazine rings is 1. The Morgan fingerprint density at radius 2 is 1.74 bits per heavy atom. The van der Waals surface area contributed by atoms with Crippen LogP contribution in [0.1, 0.15) is 35.7 Å². The van der Waals surface area contributed by atoms with Crippen molar-refractivity contribution < 1.29 is 14.3 Å². The first-order valence-corrected chi connectivity index (χ1v) is 12.0. The Morgan fingerprint density at radius 3 is 2.37 bits per heavy atom. The van der Waals surface area contributed by atoms with Crippen molar-refractivity contribution in [2.75, 3.05) is 47.4 Å². The lowest BCUT2D eigenvalue weighted by atomic mass is 10.1. The Labute approximate surface area is 204 Å². The summed E-state index contributed by atoms with van der Waals surface area (Å²) in [7, 11) is 0. The Morgan fingerprint density at radius 1 is 1.03 bits per heavy atom. The largest absolute Gasteiger partial charge is 0.478 e. The van der Waals surface area contributed by atoms with Crippen LogP contribution in [0.5, 0.6) is 0 Å². The average molecular weight is 477 g/mol. The number of hydrogen-bond acceptors (Lipinski definition) is 7. The predicted octanol–water partition coefficient (Wildman–Crippen LogP) is 4.00. The van der Waals surface area contributed by atoms with Crippen LogP contribution in [-0.4, -0.2) is 64.8 Å². The molecule has 2 fully saturated rings. The molecule has 0 radical (unpaired) electrons. The number of hydrogen-bond donors (Lipinski definition) is 1. The molecule has 1 aromatic carbocycles. The SMILES string of the molecule is Cc1cc(C(=O)O)cnc1N1CCN(c2cc(-c3ccc(F)cc3)nc(N3CCCC3C)n2)CC1. The van der Waals surface area contributed by atoms with Crippen LogP contribution in [-0.2, 0) is 0 Å². The number of carbonyl (C=O) groups is 1. The maximum atomic E-state index is 13.5. The van der Waals surface area contributed by atoms with Gasteiger partial charge in [-0.1, -0.05) is 0 Å². The summed E-state index contributed by atoms with van der Waals surface area (Å²) in [5.41, 5.74) is 2.69. The summed E-state index contributed by atoms with van der Waals surface area (Å²) in [6.45, 7) is 8.00. The molecular weight excluding hydrogens is 447 g/mol. The molecule has 2 aliphatic heterocycles. The standard InChI is InChI=1S/C26H29FN6O2/c1-17-14-20(25(34)35)16-28-24(17)32-12-10-31(11-13-32)23-15-22(19-5-7-21(27)8-6-19)29-26(30-23)33-9-3-4-18(33)2/h5-8,14-16,18H,3-4,9-13H2,1-2H3,(H,34,35). The summed E-state index contributed by atoms with van der Waals surface area (Å²) >= 11 is 0. The van der Waals surface area contributed by atoms with Crippen LogP contribution in [0, 0.1) is 12.7 Å². The fourth-order valence-corrected chi connectivity index (χ4v) is 4.87. The van der Waals surface area contributed by atoms with Crippen LogP contribution in [0.25, 0.3) is 11.3 Å². The summed E-state index contributed by atoms with van der Waals surface area (Å²) in [6.07, 6.45) is 3.65. The normalized spacial score (nSPS) is 18.3. The minimum Gasteiger partial charge on any atom is -0.478 e. The lowest BCUT2D eigenvalue weighted by Crippen LogP contribution is -2.47. The molecule has 182 valence electrons. The van der Waals surface area contributed by atoms with Gasteiger partial charge >= 0.3 is 5.97 Å². The molecule has 2 aliphatic rings. The van der Waals surface area contributed by atoms with Gasteiger partial charge in [0, 0.05) is 56.6 Å². The number of carboxylic acids is 1. The van der Waals surface area contributed by atoms with E-state index < -0.39 is 5.97 Å². The molecule has 0 saturated carbocycles. The van der Waals surface area contributed by atoms with E-state index in [9.17, 15) is 14.3 Å².